The van der Waals surface area contributed by atoms with E-state index in [-0.39, 0.29) is 17.7 Å². The molecule has 1 fully saturated rings. The number of nitrogens with zero attached hydrogens (tertiary/aromatic N) is 1. The Kier molecular flexibility index (Phi) is 3.97. The average Bonchev–Trinajstić information content (AvgIpc) is 2.83. The zero-order chi connectivity index (χ0) is 15.6. The molecule has 1 aromatic rings. The van der Waals surface area contributed by atoms with Crippen molar-refractivity contribution >= 4 is 23.4 Å². The first-order valence-corrected chi connectivity index (χ1v) is 6.79. The topological polar surface area (TPSA) is 92.5 Å². The number of carbonyl (C=O) groups is 3. The van der Waals surface area contributed by atoms with Crippen LogP contribution in [-0.2, 0) is 4.79 Å². The lowest BCUT2D eigenvalue weighted by atomic mass is 9.89. The maximum atomic E-state index is 12.1. The van der Waals surface area contributed by atoms with Gasteiger partial charge in [-0.15, -0.1) is 0 Å². The summed E-state index contributed by atoms with van der Waals surface area (Å²) in [5, 5.41) is 2.75. The van der Waals surface area contributed by atoms with Crippen LogP contribution >= 0.6 is 0 Å². The largest absolute Gasteiger partial charge is 0.369 e. The number of ketones is 1. The number of nitrogens with two attached hydrogens (primary N) is 1. The van der Waals surface area contributed by atoms with Gasteiger partial charge >= 0.3 is 6.03 Å². The van der Waals surface area contributed by atoms with Crippen LogP contribution in [0.3, 0.4) is 0 Å². The van der Waals surface area contributed by atoms with E-state index < -0.39 is 5.41 Å². The van der Waals surface area contributed by atoms with Crippen LogP contribution in [0.1, 0.15) is 30.6 Å². The third kappa shape index (κ3) is 3.21. The molecule has 112 valence electrons. The molecule has 2 rings (SSSR count). The monoisotopic (exact) mass is 289 g/mol. The summed E-state index contributed by atoms with van der Waals surface area (Å²) >= 11 is 0. The molecule has 3 amide bonds. The molecule has 1 atom stereocenters. The van der Waals surface area contributed by atoms with Crippen molar-refractivity contribution < 1.29 is 14.4 Å². The Bertz CT molecular complexity index is 582. The number of hydrogen-bond acceptors (Lipinski definition) is 3. The number of likely N-dealkylation sites (tertiary alicyclic amines) is 1. The Morgan fingerprint density at radius 2 is 1.86 bits per heavy atom. The molecule has 3 N–H and O–H groups in total. The Balaban J connectivity index is 1.99. The second-order valence-electron chi connectivity index (χ2n) is 5.66. The molecule has 0 spiro atoms. The van der Waals surface area contributed by atoms with E-state index in [9.17, 15) is 14.4 Å². The zero-order valence-electron chi connectivity index (χ0n) is 12.2. The van der Waals surface area contributed by atoms with Crippen LogP contribution in [0.5, 0.6) is 0 Å². The SMILES string of the molecule is CC(=O)c1ccc(NC(=O)N2CCC(C)(C(N)=O)C2)cc1. The van der Waals surface area contributed by atoms with E-state index in [4.69, 9.17) is 5.73 Å². The quantitative estimate of drug-likeness (QED) is 0.828. The van der Waals surface area contributed by atoms with Gasteiger partial charge in [0.05, 0.1) is 5.41 Å². The number of benzene rings is 1. The van der Waals surface area contributed by atoms with Crippen molar-refractivity contribution in [2.45, 2.75) is 20.3 Å². The first-order valence-electron chi connectivity index (χ1n) is 6.79. The van der Waals surface area contributed by atoms with Crippen molar-refractivity contribution in [1.29, 1.82) is 0 Å². The van der Waals surface area contributed by atoms with E-state index in [1.807, 2.05) is 0 Å². The standard InChI is InChI=1S/C15H19N3O3/c1-10(19)11-3-5-12(6-4-11)17-14(21)18-8-7-15(2,9-18)13(16)20/h3-6H,7-9H2,1-2H3,(H2,16,20)(H,17,21). The van der Waals surface area contributed by atoms with Gasteiger partial charge in [-0.25, -0.2) is 4.79 Å². The minimum absolute atomic E-state index is 0.0235. The van der Waals surface area contributed by atoms with Gasteiger partial charge in [0, 0.05) is 24.3 Å². The van der Waals surface area contributed by atoms with Crippen LogP contribution in [-0.4, -0.2) is 35.7 Å². The van der Waals surface area contributed by atoms with Crippen LogP contribution in [0.2, 0.25) is 0 Å². The lowest BCUT2D eigenvalue weighted by Crippen LogP contribution is -2.40. The summed E-state index contributed by atoms with van der Waals surface area (Å²) in [5.41, 5.74) is 5.91. The second kappa shape index (κ2) is 5.55. The molecule has 0 radical (unpaired) electrons. The van der Waals surface area contributed by atoms with E-state index in [1.165, 1.54) is 6.92 Å². The van der Waals surface area contributed by atoms with Gasteiger partial charge in [0.1, 0.15) is 0 Å². The number of anilines is 1. The van der Waals surface area contributed by atoms with Gasteiger partial charge < -0.3 is 16.0 Å². The lowest BCUT2D eigenvalue weighted by molar-refractivity contribution is -0.126. The number of primary amides is 1. The van der Waals surface area contributed by atoms with Crippen LogP contribution < -0.4 is 11.1 Å². The highest BCUT2D eigenvalue weighted by atomic mass is 16.2. The number of nitrogens with one attached hydrogen (secondary N) is 1. The van der Waals surface area contributed by atoms with E-state index in [2.05, 4.69) is 5.32 Å². The van der Waals surface area contributed by atoms with Crippen molar-refractivity contribution in [2.75, 3.05) is 18.4 Å². The molecule has 1 saturated heterocycles. The normalized spacial score (nSPS) is 21.1. The third-order valence-electron chi connectivity index (χ3n) is 3.90. The number of Topliss-reactive ketones (excluding diaryl/α,β-unsaturated/α-hetero) is 1. The fourth-order valence-electron chi connectivity index (χ4n) is 2.33. The van der Waals surface area contributed by atoms with Gasteiger partial charge in [-0.3, -0.25) is 9.59 Å². The third-order valence-corrected chi connectivity index (χ3v) is 3.90. The molecule has 0 aromatic heterocycles. The fraction of sp³-hybridized carbons (Fsp3) is 0.400. The second-order valence-corrected chi connectivity index (χ2v) is 5.66. The van der Waals surface area contributed by atoms with Crippen LogP contribution in [0.25, 0.3) is 0 Å². The predicted octanol–water partition coefficient (Wildman–Crippen LogP) is 1.62. The van der Waals surface area contributed by atoms with Gasteiger partial charge in [-0.1, -0.05) is 0 Å². The van der Waals surface area contributed by atoms with Gasteiger partial charge in [0.15, 0.2) is 5.78 Å². The van der Waals surface area contributed by atoms with Crippen molar-refractivity contribution in [2.24, 2.45) is 11.1 Å². The summed E-state index contributed by atoms with van der Waals surface area (Å²) in [4.78, 5) is 36.3. The molecular formula is C15H19N3O3. The maximum absolute atomic E-state index is 12.1. The van der Waals surface area contributed by atoms with E-state index >= 15 is 0 Å². The van der Waals surface area contributed by atoms with Gasteiger partial charge in [-0.05, 0) is 44.5 Å². The van der Waals surface area contributed by atoms with Crippen molar-refractivity contribution in [3.8, 4) is 0 Å². The number of carbonyl (C=O) groups excluding carboxylic acids is 3. The van der Waals surface area contributed by atoms with Crippen LogP contribution in [0.15, 0.2) is 24.3 Å². The molecule has 0 aliphatic carbocycles. The summed E-state index contributed by atoms with van der Waals surface area (Å²) in [6, 6.07) is 6.41. The molecule has 6 heteroatoms. The summed E-state index contributed by atoms with van der Waals surface area (Å²) in [7, 11) is 0. The summed E-state index contributed by atoms with van der Waals surface area (Å²) in [6.07, 6.45) is 0.568. The first-order chi connectivity index (χ1) is 9.82. The lowest BCUT2D eigenvalue weighted by Gasteiger charge is -2.21. The van der Waals surface area contributed by atoms with E-state index in [0.29, 0.717) is 30.8 Å². The Morgan fingerprint density at radius 1 is 1.24 bits per heavy atom. The Morgan fingerprint density at radius 3 is 2.33 bits per heavy atom. The molecule has 0 saturated carbocycles. The fourth-order valence-corrected chi connectivity index (χ4v) is 2.33. The molecule has 1 aliphatic rings. The van der Waals surface area contributed by atoms with Crippen molar-refractivity contribution in [1.82, 2.24) is 4.90 Å². The molecule has 6 nitrogen and oxygen atoms in total. The molecule has 21 heavy (non-hydrogen) atoms. The van der Waals surface area contributed by atoms with Gasteiger partial charge in [0.25, 0.3) is 0 Å². The van der Waals surface area contributed by atoms with Crippen molar-refractivity contribution in [3.63, 3.8) is 0 Å². The average molecular weight is 289 g/mol. The minimum atomic E-state index is -0.657. The van der Waals surface area contributed by atoms with Crippen molar-refractivity contribution in [3.05, 3.63) is 29.8 Å². The zero-order valence-corrected chi connectivity index (χ0v) is 12.2. The predicted molar refractivity (Wildman–Crippen MR) is 79.0 cm³/mol. The first kappa shape index (κ1) is 15.0. The molecule has 1 aliphatic heterocycles. The highest BCUT2D eigenvalue weighted by molar-refractivity contribution is 5.95. The van der Waals surface area contributed by atoms with E-state index in [1.54, 1.807) is 36.1 Å². The molecule has 1 aromatic carbocycles. The highest BCUT2D eigenvalue weighted by Gasteiger charge is 2.40. The van der Waals surface area contributed by atoms with Gasteiger partial charge in [-0.2, -0.15) is 0 Å². The number of rotatable bonds is 3. The number of hydrogen-bond donors (Lipinski definition) is 2. The minimum Gasteiger partial charge on any atom is -0.369 e. The Labute approximate surface area is 123 Å². The summed E-state index contributed by atoms with van der Waals surface area (Å²) in [6.45, 7) is 4.07. The Hall–Kier alpha value is -2.37. The molecular weight excluding hydrogens is 270 g/mol. The molecule has 1 heterocycles. The summed E-state index contributed by atoms with van der Waals surface area (Å²) in [5.74, 6) is -0.409. The molecule has 0 bridgehead atoms. The van der Waals surface area contributed by atoms with Crippen LogP contribution in [0.4, 0.5) is 10.5 Å². The van der Waals surface area contributed by atoms with Crippen LogP contribution in [0, 0.1) is 5.41 Å². The smallest absolute Gasteiger partial charge is 0.321 e. The molecule has 1 unspecified atom stereocenters. The highest BCUT2D eigenvalue weighted by Crippen LogP contribution is 2.29. The summed E-state index contributed by atoms with van der Waals surface area (Å²) < 4.78 is 0. The maximum Gasteiger partial charge on any atom is 0.321 e. The number of amides is 3. The van der Waals surface area contributed by atoms with E-state index in [0.717, 1.165) is 0 Å². The van der Waals surface area contributed by atoms with Gasteiger partial charge in [0.2, 0.25) is 5.91 Å². The number of urea groups is 1.